The maximum absolute atomic E-state index is 13.9. The van der Waals surface area contributed by atoms with E-state index in [9.17, 15) is 4.39 Å². The summed E-state index contributed by atoms with van der Waals surface area (Å²) in [5.74, 6) is 1.61. The molecule has 1 aliphatic rings. The van der Waals surface area contributed by atoms with Crippen LogP contribution in [0.2, 0.25) is 0 Å². The molecule has 3 rings (SSSR count). The summed E-state index contributed by atoms with van der Waals surface area (Å²) >= 11 is 1.63. The van der Waals surface area contributed by atoms with Crippen molar-refractivity contribution in [2.24, 2.45) is 4.99 Å². The second-order valence-corrected chi connectivity index (χ2v) is 7.80. The van der Waals surface area contributed by atoms with Gasteiger partial charge in [0.25, 0.3) is 0 Å². The second kappa shape index (κ2) is 9.84. The molecular weight excluding hydrogens is 379 g/mol. The zero-order chi connectivity index (χ0) is 19.9. The summed E-state index contributed by atoms with van der Waals surface area (Å²) in [6, 6.07) is 3.00. The molecule has 0 atom stereocenters. The standard InChI is InChI=1S/C20H27FN4O2S/c1-4-22-20(24-9-18-25-17(11-28-18)13(2)3)23-6-5-14-7-16(21)8-15-10-26-12-27-19(14)15/h7-8,11,13H,4-6,9-10,12H2,1-3H3,(H2,22,23,24). The van der Waals surface area contributed by atoms with Gasteiger partial charge in [-0.3, -0.25) is 0 Å². The zero-order valence-electron chi connectivity index (χ0n) is 16.5. The van der Waals surface area contributed by atoms with Crippen LogP contribution in [0, 0.1) is 5.82 Å². The SMILES string of the molecule is CCNC(=NCc1nc(C(C)C)cs1)NCCc1cc(F)cc2c1OCOC2. The van der Waals surface area contributed by atoms with E-state index in [0.29, 0.717) is 32.0 Å². The molecule has 0 amide bonds. The quantitative estimate of drug-likeness (QED) is 0.544. The largest absolute Gasteiger partial charge is 0.467 e. The molecule has 1 aromatic carbocycles. The van der Waals surface area contributed by atoms with Gasteiger partial charge in [-0.15, -0.1) is 11.3 Å². The molecule has 2 aromatic rings. The minimum absolute atomic E-state index is 0.204. The third-order valence-electron chi connectivity index (χ3n) is 4.32. The van der Waals surface area contributed by atoms with Crippen LogP contribution < -0.4 is 15.4 Å². The molecule has 0 aliphatic carbocycles. The first-order valence-electron chi connectivity index (χ1n) is 9.55. The van der Waals surface area contributed by atoms with Crippen molar-refractivity contribution in [2.75, 3.05) is 19.9 Å². The number of halogens is 1. The number of benzene rings is 1. The number of ether oxygens (including phenoxy) is 2. The highest BCUT2D eigenvalue weighted by Gasteiger charge is 2.16. The van der Waals surface area contributed by atoms with Crippen LogP contribution in [0.4, 0.5) is 4.39 Å². The molecule has 0 spiro atoms. The third-order valence-corrected chi connectivity index (χ3v) is 5.17. The first-order chi connectivity index (χ1) is 13.6. The number of hydrogen-bond acceptors (Lipinski definition) is 5. The van der Waals surface area contributed by atoms with Crippen LogP contribution in [0.25, 0.3) is 0 Å². The van der Waals surface area contributed by atoms with Crippen molar-refractivity contribution in [3.63, 3.8) is 0 Å². The highest BCUT2D eigenvalue weighted by molar-refractivity contribution is 7.09. The molecule has 2 N–H and O–H groups in total. The van der Waals surface area contributed by atoms with Crippen LogP contribution in [0.1, 0.15) is 48.5 Å². The number of aromatic nitrogens is 1. The van der Waals surface area contributed by atoms with Gasteiger partial charge in [-0.2, -0.15) is 0 Å². The molecule has 0 bridgehead atoms. The van der Waals surface area contributed by atoms with E-state index >= 15 is 0 Å². The summed E-state index contributed by atoms with van der Waals surface area (Å²) in [6.07, 6.45) is 0.624. The molecule has 28 heavy (non-hydrogen) atoms. The molecule has 0 fully saturated rings. The number of rotatable bonds is 7. The number of nitrogens with zero attached hydrogens (tertiary/aromatic N) is 2. The smallest absolute Gasteiger partial charge is 0.191 e. The summed E-state index contributed by atoms with van der Waals surface area (Å²) < 4.78 is 24.7. The zero-order valence-corrected chi connectivity index (χ0v) is 17.4. The summed E-state index contributed by atoms with van der Waals surface area (Å²) in [6.45, 7) is 8.77. The van der Waals surface area contributed by atoms with Gasteiger partial charge in [-0.1, -0.05) is 13.8 Å². The Morgan fingerprint density at radius 1 is 1.36 bits per heavy atom. The molecular formula is C20H27FN4O2S. The van der Waals surface area contributed by atoms with Gasteiger partial charge >= 0.3 is 0 Å². The molecule has 1 aliphatic heterocycles. The average molecular weight is 407 g/mol. The molecule has 0 saturated heterocycles. The van der Waals surface area contributed by atoms with Crippen molar-refractivity contribution in [3.05, 3.63) is 45.2 Å². The number of aliphatic imine (C=N–C) groups is 1. The Bertz CT molecular complexity index is 823. The van der Waals surface area contributed by atoms with Gasteiger partial charge in [0, 0.05) is 24.0 Å². The van der Waals surface area contributed by atoms with Crippen LogP contribution >= 0.6 is 11.3 Å². The lowest BCUT2D eigenvalue weighted by atomic mass is 10.1. The Balaban J connectivity index is 1.60. The van der Waals surface area contributed by atoms with Gasteiger partial charge in [0.15, 0.2) is 12.8 Å². The Morgan fingerprint density at radius 2 is 2.21 bits per heavy atom. The maximum atomic E-state index is 13.9. The van der Waals surface area contributed by atoms with Crippen molar-refractivity contribution in [2.45, 2.75) is 46.3 Å². The van der Waals surface area contributed by atoms with Crippen LogP contribution in [0.3, 0.4) is 0 Å². The summed E-state index contributed by atoms with van der Waals surface area (Å²) in [5.41, 5.74) is 2.70. The monoisotopic (exact) mass is 406 g/mol. The molecule has 0 saturated carbocycles. The summed E-state index contributed by atoms with van der Waals surface area (Å²) in [7, 11) is 0. The van der Waals surface area contributed by atoms with E-state index in [2.05, 4.69) is 39.8 Å². The van der Waals surface area contributed by atoms with E-state index < -0.39 is 0 Å². The van der Waals surface area contributed by atoms with Gasteiger partial charge in [-0.25, -0.2) is 14.4 Å². The van der Waals surface area contributed by atoms with E-state index in [-0.39, 0.29) is 12.6 Å². The number of hydrogen-bond donors (Lipinski definition) is 2. The lowest BCUT2D eigenvalue weighted by Crippen LogP contribution is -2.38. The first-order valence-corrected chi connectivity index (χ1v) is 10.4. The molecule has 1 aromatic heterocycles. The Hall–Kier alpha value is -2.19. The summed E-state index contributed by atoms with van der Waals surface area (Å²) in [4.78, 5) is 9.22. The Labute approximate surface area is 169 Å². The van der Waals surface area contributed by atoms with E-state index in [1.165, 1.54) is 12.1 Å². The van der Waals surface area contributed by atoms with E-state index in [0.717, 1.165) is 40.1 Å². The lowest BCUT2D eigenvalue weighted by Gasteiger charge is -2.21. The minimum Gasteiger partial charge on any atom is -0.467 e. The van der Waals surface area contributed by atoms with Crippen molar-refractivity contribution in [1.82, 2.24) is 15.6 Å². The van der Waals surface area contributed by atoms with Crippen LogP contribution in [-0.2, 0) is 24.3 Å². The predicted molar refractivity (Wildman–Crippen MR) is 109 cm³/mol. The fourth-order valence-electron chi connectivity index (χ4n) is 2.91. The summed E-state index contributed by atoms with van der Waals surface area (Å²) in [5, 5.41) is 9.62. The predicted octanol–water partition coefficient (Wildman–Crippen LogP) is 3.57. The van der Waals surface area contributed by atoms with Crippen molar-refractivity contribution < 1.29 is 13.9 Å². The lowest BCUT2D eigenvalue weighted by molar-refractivity contribution is -0.0172. The van der Waals surface area contributed by atoms with Gasteiger partial charge in [0.05, 0.1) is 18.8 Å². The van der Waals surface area contributed by atoms with Crippen LogP contribution in [0.5, 0.6) is 5.75 Å². The second-order valence-electron chi connectivity index (χ2n) is 6.86. The Morgan fingerprint density at radius 3 is 2.96 bits per heavy atom. The maximum Gasteiger partial charge on any atom is 0.191 e. The molecule has 8 heteroatoms. The fraction of sp³-hybridized carbons (Fsp3) is 0.500. The number of nitrogens with one attached hydrogen (secondary N) is 2. The van der Waals surface area contributed by atoms with Gasteiger partial charge in [-0.05, 0) is 37.0 Å². The third kappa shape index (κ3) is 5.42. The highest BCUT2D eigenvalue weighted by atomic mass is 32.1. The van der Waals surface area contributed by atoms with Crippen molar-refractivity contribution in [1.29, 1.82) is 0 Å². The van der Waals surface area contributed by atoms with Crippen molar-refractivity contribution >= 4 is 17.3 Å². The molecule has 6 nitrogen and oxygen atoms in total. The molecule has 152 valence electrons. The van der Waals surface area contributed by atoms with E-state index in [1.807, 2.05) is 6.92 Å². The fourth-order valence-corrected chi connectivity index (χ4v) is 3.79. The van der Waals surface area contributed by atoms with Gasteiger partial charge in [0.1, 0.15) is 16.6 Å². The van der Waals surface area contributed by atoms with E-state index in [1.54, 1.807) is 11.3 Å². The van der Waals surface area contributed by atoms with Crippen LogP contribution in [0.15, 0.2) is 22.5 Å². The molecule has 2 heterocycles. The molecule has 0 unspecified atom stereocenters. The molecule has 0 radical (unpaired) electrons. The number of guanidine groups is 1. The average Bonchev–Trinajstić information content (AvgIpc) is 3.15. The number of fused-ring (bicyclic) bond motifs is 1. The normalized spacial score (nSPS) is 14.0. The van der Waals surface area contributed by atoms with E-state index in [4.69, 9.17) is 9.47 Å². The first kappa shape index (κ1) is 20.5. The topological polar surface area (TPSA) is 67.8 Å². The Kier molecular flexibility index (Phi) is 7.22. The number of thiazole rings is 1. The van der Waals surface area contributed by atoms with Gasteiger partial charge < -0.3 is 20.1 Å². The van der Waals surface area contributed by atoms with Crippen LogP contribution in [-0.4, -0.2) is 30.8 Å². The highest BCUT2D eigenvalue weighted by Crippen LogP contribution is 2.29. The van der Waals surface area contributed by atoms with Gasteiger partial charge in [0.2, 0.25) is 0 Å². The minimum atomic E-state index is -0.270. The van der Waals surface area contributed by atoms with Crippen molar-refractivity contribution in [3.8, 4) is 5.75 Å².